The molecule has 1 aromatic carbocycles. The first kappa shape index (κ1) is 15.5. The number of carbonyl (C=O) groups excluding carboxylic acids is 1. The Balaban J connectivity index is 1.97. The zero-order valence-electron chi connectivity index (χ0n) is 12.5. The van der Waals surface area contributed by atoms with Gasteiger partial charge < -0.3 is 10.4 Å². The third-order valence-electron chi connectivity index (χ3n) is 4.25. The fourth-order valence-corrected chi connectivity index (χ4v) is 3.11. The monoisotopic (exact) mass is 289 g/mol. The van der Waals surface area contributed by atoms with Crippen molar-refractivity contribution in [2.75, 3.05) is 0 Å². The van der Waals surface area contributed by atoms with E-state index >= 15 is 0 Å². The molecular weight excluding hydrogens is 266 g/mol. The lowest BCUT2D eigenvalue weighted by molar-refractivity contribution is -0.139. The smallest absolute Gasteiger partial charge is 0.305 e. The van der Waals surface area contributed by atoms with Crippen LogP contribution in [0.5, 0.6) is 0 Å². The molecule has 1 aliphatic rings. The predicted molar refractivity (Wildman–Crippen MR) is 81.1 cm³/mol. The number of carbonyl (C=O) groups is 2. The molecule has 114 valence electrons. The standard InChI is InChI=1S/C17H23NO3/c1-2-13-5-7-14(8-6-13)11-15(19)18-17(12-16(20)21)9-3-4-10-17/h5-8H,2-4,9-12H2,1H3,(H,18,19)(H,20,21). The molecule has 0 spiro atoms. The van der Waals surface area contributed by atoms with Crippen LogP contribution in [0.15, 0.2) is 24.3 Å². The number of nitrogens with one attached hydrogen (secondary N) is 1. The Morgan fingerprint density at radius 1 is 1.14 bits per heavy atom. The maximum atomic E-state index is 12.2. The van der Waals surface area contributed by atoms with E-state index in [1.165, 1.54) is 5.56 Å². The molecule has 2 N–H and O–H groups in total. The number of amides is 1. The van der Waals surface area contributed by atoms with Gasteiger partial charge in [0, 0.05) is 0 Å². The van der Waals surface area contributed by atoms with Gasteiger partial charge in [-0.2, -0.15) is 0 Å². The first-order chi connectivity index (χ1) is 10.0. The van der Waals surface area contributed by atoms with Crippen LogP contribution in [0.2, 0.25) is 0 Å². The molecule has 0 bridgehead atoms. The molecule has 0 heterocycles. The lowest BCUT2D eigenvalue weighted by Crippen LogP contribution is -2.48. The van der Waals surface area contributed by atoms with Crippen molar-refractivity contribution >= 4 is 11.9 Å². The Morgan fingerprint density at radius 3 is 2.24 bits per heavy atom. The maximum absolute atomic E-state index is 12.2. The van der Waals surface area contributed by atoms with E-state index in [9.17, 15) is 9.59 Å². The van der Waals surface area contributed by atoms with Crippen LogP contribution in [0.4, 0.5) is 0 Å². The van der Waals surface area contributed by atoms with Gasteiger partial charge >= 0.3 is 5.97 Å². The van der Waals surface area contributed by atoms with E-state index in [0.29, 0.717) is 6.42 Å². The second kappa shape index (κ2) is 6.74. The average Bonchev–Trinajstić information content (AvgIpc) is 2.86. The van der Waals surface area contributed by atoms with E-state index in [-0.39, 0.29) is 12.3 Å². The third-order valence-corrected chi connectivity index (χ3v) is 4.25. The van der Waals surface area contributed by atoms with Crippen LogP contribution in [-0.4, -0.2) is 22.5 Å². The minimum Gasteiger partial charge on any atom is -0.481 e. The average molecular weight is 289 g/mol. The molecule has 1 amide bonds. The quantitative estimate of drug-likeness (QED) is 0.846. The van der Waals surface area contributed by atoms with Crippen LogP contribution in [0.3, 0.4) is 0 Å². The van der Waals surface area contributed by atoms with Crippen LogP contribution >= 0.6 is 0 Å². The van der Waals surface area contributed by atoms with Crippen LogP contribution in [0, 0.1) is 0 Å². The summed E-state index contributed by atoms with van der Waals surface area (Å²) in [5.41, 5.74) is 1.68. The van der Waals surface area contributed by atoms with Crippen LogP contribution < -0.4 is 5.32 Å². The number of aliphatic carboxylic acids is 1. The minimum absolute atomic E-state index is 0.0213. The molecule has 0 radical (unpaired) electrons. The molecule has 0 aliphatic heterocycles. The summed E-state index contributed by atoms with van der Waals surface area (Å²) in [4.78, 5) is 23.2. The number of aryl methyl sites for hydroxylation is 1. The highest BCUT2D eigenvalue weighted by molar-refractivity contribution is 5.80. The molecule has 1 fully saturated rings. The second-order valence-corrected chi connectivity index (χ2v) is 5.95. The van der Waals surface area contributed by atoms with Gasteiger partial charge in [0.1, 0.15) is 0 Å². The zero-order chi connectivity index (χ0) is 15.3. The van der Waals surface area contributed by atoms with Crippen molar-refractivity contribution < 1.29 is 14.7 Å². The summed E-state index contributed by atoms with van der Waals surface area (Å²) in [7, 11) is 0. The van der Waals surface area contributed by atoms with E-state index in [1.807, 2.05) is 24.3 Å². The van der Waals surface area contributed by atoms with E-state index in [4.69, 9.17) is 5.11 Å². The topological polar surface area (TPSA) is 66.4 Å². The summed E-state index contributed by atoms with van der Waals surface area (Å²) >= 11 is 0. The normalized spacial score (nSPS) is 16.6. The van der Waals surface area contributed by atoms with Crippen molar-refractivity contribution in [1.29, 1.82) is 0 Å². The van der Waals surface area contributed by atoms with Crippen molar-refractivity contribution in [3.8, 4) is 0 Å². The molecule has 0 atom stereocenters. The lowest BCUT2D eigenvalue weighted by Gasteiger charge is -2.28. The third kappa shape index (κ3) is 4.31. The van der Waals surface area contributed by atoms with Crippen molar-refractivity contribution in [2.45, 2.75) is 57.4 Å². The van der Waals surface area contributed by atoms with Crippen LogP contribution in [0.25, 0.3) is 0 Å². The first-order valence-corrected chi connectivity index (χ1v) is 7.64. The van der Waals surface area contributed by atoms with Crippen molar-refractivity contribution in [1.82, 2.24) is 5.32 Å². The zero-order valence-corrected chi connectivity index (χ0v) is 12.5. The second-order valence-electron chi connectivity index (χ2n) is 5.95. The Hall–Kier alpha value is -1.84. The van der Waals surface area contributed by atoms with E-state index in [0.717, 1.165) is 37.7 Å². The van der Waals surface area contributed by atoms with Gasteiger partial charge in [-0.1, -0.05) is 44.0 Å². The Morgan fingerprint density at radius 2 is 1.71 bits per heavy atom. The molecule has 4 nitrogen and oxygen atoms in total. The summed E-state index contributed by atoms with van der Waals surface area (Å²) in [6, 6.07) is 8.00. The lowest BCUT2D eigenvalue weighted by atomic mass is 9.92. The van der Waals surface area contributed by atoms with Crippen molar-refractivity contribution in [3.05, 3.63) is 35.4 Å². The molecule has 1 aromatic rings. The maximum Gasteiger partial charge on any atom is 0.305 e. The number of hydrogen-bond acceptors (Lipinski definition) is 2. The molecular formula is C17H23NO3. The van der Waals surface area contributed by atoms with Gasteiger partial charge in [-0.25, -0.2) is 0 Å². The number of rotatable bonds is 6. The molecule has 0 aromatic heterocycles. The largest absolute Gasteiger partial charge is 0.481 e. The highest BCUT2D eigenvalue weighted by atomic mass is 16.4. The fourth-order valence-electron chi connectivity index (χ4n) is 3.11. The van der Waals surface area contributed by atoms with Gasteiger partial charge in [0.25, 0.3) is 0 Å². The van der Waals surface area contributed by atoms with Gasteiger partial charge in [-0.3, -0.25) is 9.59 Å². The summed E-state index contributed by atoms with van der Waals surface area (Å²) in [6.45, 7) is 2.09. The number of carboxylic acid groups (broad SMARTS) is 1. The van der Waals surface area contributed by atoms with Gasteiger partial charge in [0.15, 0.2) is 0 Å². The van der Waals surface area contributed by atoms with Crippen molar-refractivity contribution in [3.63, 3.8) is 0 Å². The van der Waals surface area contributed by atoms with E-state index < -0.39 is 11.5 Å². The molecule has 0 saturated heterocycles. The van der Waals surface area contributed by atoms with Crippen LogP contribution in [0.1, 0.15) is 50.2 Å². The van der Waals surface area contributed by atoms with Gasteiger partial charge in [0.05, 0.1) is 18.4 Å². The number of benzene rings is 1. The predicted octanol–water partition coefficient (Wildman–Crippen LogP) is 2.70. The van der Waals surface area contributed by atoms with Crippen molar-refractivity contribution in [2.24, 2.45) is 0 Å². The summed E-state index contributed by atoms with van der Waals surface area (Å²) in [5.74, 6) is -0.924. The fraction of sp³-hybridized carbons (Fsp3) is 0.529. The number of hydrogen-bond donors (Lipinski definition) is 2. The SMILES string of the molecule is CCc1ccc(CC(=O)NC2(CC(=O)O)CCCC2)cc1. The van der Waals surface area contributed by atoms with Gasteiger partial charge in [-0.05, 0) is 30.4 Å². The van der Waals surface area contributed by atoms with E-state index in [1.54, 1.807) is 0 Å². The summed E-state index contributed by atoms with van der Waals surface area (Å²) in [6.07, 6.45) is 4.81. The van der Waals surface area contributed by atoms with Gasteiger partial charge in [0.2, 0.25) is 5.91 Å². The molecule has 21 heavy (non-hydrogen) atoms. The highest BCUT2D eigenvalue weighted by Crippen LogP contribution is 2.32. The Kier molecular flexibility index (Phi) is 4.99. The Bertz CT molecular complexity index is 501. The summed E-state index contributed by atoms with van der Waals surface area (Å²) in [5, 5.41) is 12.0. The highest BCUT2D eigenvalue weighted by Gasteiger charge is 2.37. The number of carboxylic acids is 1. The molecule has 2 rings (SSSR count). The first-order valence-electron chi connectivity index (χ1n) is 7.64. The van der Waals surface area contributed by atoms with Gasteiger partial charge in [-0.15, -0.1) is 0 Å². The molecule has 0 unspecified atom stereocenters. The minimum atomic E-state index is -0.843. The van der Waals surface area contributed by atoms with Crippen LogP contribution in [-0.2, 0) is 22.4 Å². The summed E-state index contributed by atoms with van der Waals surface area (Å²) < 4.78 is 0. The Labute approximate surface area is 125 Å². The van der Waals surface area contributed by atoms with E-state index in [2.05, 4.69) is 12.2 Å². The molecule has 1 aliphatic carbocycles. The molecule has 4 heteroatoms. The molecule has 1 saturated carbocycles.